The van der Waals surface area contributed by atoms with Crippen LogP contribution in [0.2, 0.25) is 0 Å². The van der Waals surface area contributed by atoms with Gasteiger partial charge in [0.15, 0.2) is 0 Å². The molecule has 0 fully saturated rings. The van der Waals surface area contributed by atoms with Crippen molar-refractivity contribution in [2.24, 2.45) is 0 Å². The fraction of sp³-hybridized carbons (Fsp3) is 0.208. The van der Waals surface area contributed by atoms with Crippen molar-refractivity contribution < 1.29 is 14.0 Å². The van der Waals surface area contributed by atoms with Gasteiger partial charge in [-0.2, -0.15) is 0 Å². The first kappa shape index (κ1) is 22.0. The van der Waals surface area contributed by atoms with Crippen LogP contribution in [0.5, 0.6) is 0 Å². The Balaban J connectivity index is 1.77. The first-order valence-electron chi connectivity index (χ1n) is 10.0. The third-order valence-electron chi connectivity index (χ3n) is 4.89. The molecule has 0 bridgehead atoms. The molecular weight excluding hydrogens is 397 g/mol. The van der Waals surface area contributed by atoms with Gasteiger partial charge in [-0.05, 0) is 36.1 Å². The summed E-state index contributed by atoms with van der Waals surface area (Å²) in [7, 11) is 1.43. The summed E-state index contributed by atoms with van der Waals surface area (Å²) in [4.78, 5) is 37.6. The van der Waals surface area contributed by atoms with Crippen molar-refractivity contribution in [2.45, 2.75) is 19.4 Å². The van der Waals surface area contributed by atoms with E-state index in [0.717, 1.165) is 11.1 Å². The first-order valence-corrected chi connectivity index (χ1v) is 10.0. The van der Waals surface area contributed by atoms with Crippen molar-refractivity contribution in [1.82, 2.24) is 15.2 Å². The normalized spacial score (nSPS) is 10.5. The number of nitrogens with zero attached hydrogens (tertiary/aromatic N) is 1. The quantitative estimate of drug-likeness (QED) is 0.587. The van der Waals surface area contributed by atoms with E-state index >= 15 is 0 Å². The van der Waals surface area contributed by atoms with Crippen molar-refractivity contribution in [2.75, 3.05) is 13.6 Å². The van der Waals surface area contributed by atoms with E-state index in [2.05, 4.69) is 10.6 Å². The van der Waals surface area contributed by atoms with Crippen LogP contribution >= 0.6 is 0 Å². The number of nitrogens with one attached hydrogen (secondary N) is 2. The average molecular weight is 421 g/mol. The largest absolute Gasteiger partial charge is 0.355 e. The number of aryl methyl sites for hydroxylation is 2. The van der Waals surface area contributed by atoms with Crippen molar-refractivity contribution in [3.63, 3.8) is 0 Å². The van der Waals surface area contributed by atoms with Crippen LogP contribution in [0.1, 0.15) is 31.8 Å². The first-order chi connectivity index (χ1) is 15.0. The van der Waals surface area contributed by atoms with Gasteiger partial charge in [0.25, 0.3) is 11.8 Å². The van der Waals surface area contributed by atoms with Crippen LogP contribution in [0, 0.1) is 5.82 Å². The van der Waals surface area contributed by atoms with E-state index in [9.17, 15) is 18.8 Å². The number of rotatable bonds is 8. The molecule has 0 aliphatic rings. The lowest BCUT2D eigenvalue weighted by Gasteiger charge is -2.12. The van der Waals surface area contributed by atoms with E-state index in [-0.39, 0.29) is 23.5 Å². The Labute approximate surface area is 179 Å². The molecule has 0 saturated carbocycles. The molecule has 0 radical (unpaired) electrons. The summed E-state index contributed by atoms with van der Waals surface area (Å²) < 4.78 is 15.0. The second-order valence-corrected chi connectivity index (χ2v) is 7.10. The van der Waals surface area contributed by atoms with Crippen molar-refractivity contribution in [1.29, 1.82) is 0 Å². The van der Waals surface area contributed by atoms with E-state index in [1.807, 2.05) is 30.3 Å². The topological polar surface area (TPSA) is 80.2 Å². The molecule has 2 aromatic carbocycles. The van der Waals surface area contributed by atoms with Crippen LogP contribution in [0.15, 0.2) is 71.8 Å². The molecular formula is C24H24FN3O3. The van der Waals surface area contributed by atoms with Gasteiger partial charge in [-0.3, -0.25) is 14.4 Å². The maximum absolute atomic E-state index is 13.3. The van der Waals surface area contributed by atoms with Crippen LogP contribution in [0.4, 0.5) is 4.39 Å². The summed E-state index contributed by atoms with van der Waals surface area (Å²) in [6.07, 6.45) is 4.03. The van der Waals surface area contributed by atoms with Crippen LogP contribution in [0.3, 0.4) is 0 Å². The molecule has 3 rings (SSSR count). The maximum Gasteiger partial charge on any atom is 0.256 e. The smallest absolute Gasteiger partial charge is 0.256 e. The van der Waals surface area contributed by atoms with Crippen molar-refractivity contribution in [3.05, 3.63) is 105 Å². The Morgan fingerprint density at radius 1 is 0.903 bits per heavy atom. The molecule has 31 heavy (non-hydrogen) atoms. The van der Waals surface area contributed by atoms with Crippen LogP contribution in [-0.2, 0) is 19.4 Å². The number of amides is 2. The Hall–Kier alpha value is -3.74. The molecule has 0 saturated heterocycles. The molecule has 160 valence electrons. The Bertz CT molecular complexity index is 1130. The van der Waals surface area contributed by atoms with Gasteiger partial charge >= 0.3 is 0 Å². The Morgan fingerprint density at radius 2 is 1.58 bits per heavy atom. The molecule has 3 aromatic rings. The third kappa shape index (κ3) is 5.88. The lowest BCUT2D eigenvalue weighted by molar-refractivity contribution is 0.0952. The molecule has 0 aliphatic carbocycles. The number of aromatic nitrogens is 1. The highest BCUT2D eigenvalue weighted by molar-refractivity contribution is 5.99. The van der Waals surface area contributed by atoms with Gasteiger partial charge in [0, 0.05) is 32.5 Å². The van der Waals surface area contributed by atoms with Crippen molar-refractivity contribution in [3.8, 4) is 0 Å². The van der Waals surface area contributed by atoms with Crippen LogP contribution in [-0.4, -0.2) is 30.0 Å². The zero-order valence-electron chi connectivity index (χ0n) is 17.2. The highest BCUT2D eigenvalue weighted by Crippen LogP contribution is 2.06. The molecule has 1 heterocycles. The molecule has 0 atom stereocenters. The second kappa shape index (κ2) is 10.3. The SMILES string of the molecule is CNC(=O)c1cn(CCc2ccccc2)cc(C(=O)NCCc2cccc(F)c2)c1=O. The number of carbonyl (C=O) groups excluding carboxylic acids is 2. The number of hydrogen-bond acceptors (Lipinski definition) is 3. The molecule has 0 spiro atoms. The molecule has 2 N–H and O–H groups in total. The second-order valence-electron chi connectivity index (χ2n) is 7.10. The summed E-state index contributed by atoms with van der Waals surface area (Å²) in [5, 5.41) is 5.13. The van der Waals surface area contributed by atoms with Gasteiger partial charge in [0.2, 0.25) is 5.43 Å². The summed E-state index contributed by atoms with van der Waals surface area (Å²) in [6, 6.07) is 15.9. The van der Waals surface area contributed by atoms with Crippen molar-refractivity contribution >= 4 is 11.8 Å². The average Bonchev–Trinajstić information content (AvgIpc) is 2.78. The van der Waals surface area contributed by atoms with Gasteiger partial charge in [0.05, 0.1) is 0 Å². The molecule has 6 nitrogen and oxygen atoms in total. The summed E-state index contributed by atoms with van der Waals surface area (Å²) in [5.74, 6) is -1.46. The minimum absolute atomic E-state index is 0.0895. The summed E-state index contributed by atoms with van der Waals surface area (Å²) in [5.41, 5.74) is 1.02. The summed E-state index contributed by atoms with van der Waals surface area (Å²) in [6.45, 7) is 0.730. The predicted molar refractivity (Wildman–Crippen MR) is 117 cm³/mol. The Morgan fingerprint density at radius 3 is 2.26 bits per heavy atom. The number of hydrogen-bond donors (Lipinski definition) is 2. The van der Waals surface area contributed by atoms with Gasteiger partial charge in [-0.15, -0.1) is 0 Å². The lowest BCUT2D eigenvalue weighted by Crippen LogP contribution is -2.35. The van der Waals surface area contributed by atoms with Gasteiger partial charge in [0.1, 0.15) is 16.9 Å². The van der Waals surface area contributed by atoms with Gasteiger partial charge in [-0.1, -0.05) is 42.5 Å². The van der Waals surface area contributed by atoms with E-state index in [0.29, 0.717) is 19.4 Å². The predicted octanol–water partition coefficient (Wildman–Crippen LogP) is 2.56. The monoisotopic (exact) mass is 421 g/mol. The van der Waals surface area contributed by atoms with E-state index in [1.165, 1.54) is 31.6 Å². The number of pyridine rings is 1. The number of benzene rings is 2. The van der Waals surface area contributed by atoms with E-state index in [1.54, 1.807) is 16.7 Å². The van der Waals surface area contributed by atoms with Gasteiger partial charge in [-0.25, -0.2) is 4.39 Å². The molecule has 1 aromatic heterocycles. The fourth-order valence-electron chi connectivity index (χ4n) is 3.23. The number of carbonyl (C=O) groups is 2. The van der Waals surface area contributed by atoms with E-state index < -0.39 is 17.2 Å². The number of halogens is 1. The molecule has 7 heteroatoms. The van der Waals surface area contributed by atoms with E-state index in [4.69, 9.17) is 0 Å². The fourth-order valence-corrected chi connectivity index (χ4v) is 3.23. The molecule has 0 aliphatic heterocycles. The van der Waals surface area contributed by atoms with Crippen LogP contribution < -0.4 is 16.1 Å². The zero-order chi connectivity index (χ0) is 22.2. The lowest BCUT2D eigenvalue weighted by atomic mass is 10.1. The molecule has 0 unspecified atom stereocenters. The maximum atomic E-state index is 13.3. The highest BCUT2D eigenvalue weighted by Gasteiger charge is 2.18. The standard InChI is InChI=1S/C24H24FN3O3/c1-26-23(30)20-15-28(13-11-17-6-3-2-4-7-17)16-21(22(20)29)24(31)27-12-10-18-8-5-9-19(25)14-18/h2-9,14-16H,10-13H2,1H3,(H,26,30)(H,27,31). The highest BCUT2D eigenvalue weighted by atomic mass is 19.1. The van der Waals surface area contributed by atoms with Crippen LogP contribution in [0.25, 0.3) is 0 Å². The van der Waals surface area contributed by atoms with Gasteiger partial charge < -0.3 is 15.2 Å². The third-order valence-corrected chi connectivity index (χ3v) is 4.89. The minimum Gasteiger partial charge on any atom is -0.355 e. The Kier molecular flexibility index (Phi) is 7.32. The molecule has 2 amide bonds. The minimum atomic E-state index is -0.626. The summed E-state index contributed by atoms with van der Waals surface area (Å²) >= 11 is 0. The zero-order valence-corrected chi connectivity index (χ0v) is 17.2.